The van der Waals surface area contributed by atoms with Crippen LogP contribution in [0.15, 0.2) is 15.9 Å². The number of hydrogen-bond acceptors (Lipinski definition) is 4. The highest BCUT2D eigenvalue weighted by Crippen LogP contribution is 2.22. The zero-order valence-electron chi connectivity index (χ0n) is 9.99. The first-order chi connectivity index (χ1) is 8.58. The Bertz CT molecular complexity index is 481. The monoisotopic (exact) mass is 352 g/mol. The predicted octanol–water partition coefficient (Wildman–Crippen LogP) is 1.72. The lowest BCUT2D eigenvalue weighted by Gasteiger charge is -2.22. The van der Waals surface area contributed by atoms with Crippen molar-refractivity contribution in [3.05, 3.63) is 20.8 Å². The van der Waals surface area contributed by atoms with Crippen molar-refractivity contribution in [2.45, 2.75) is 24.5 Å². The molecule has 102 valence electrons. The normalized spacial score (nSPS) is 18.1. The summed E-state index contributed by atoms with van der Waals surface area (Å²) in [4.78, 5) is 1.19. The van der Waals surface area contributed by atoms with Crippen LogP contribution in [0.5, 0.6) is 0 Å². The Labute approximate surface area is 120 Å². The number of sulfonamides is 1. The molecule has 2 N–H and O–H groups in total. The van der Waals surface area contributed by atoms with Crippen molar-refractivity contribution in [3.8, 4) is 0 Å². The Morgan fingerprint density at radius 3 is 2.72 bits per heavy atom. The minimum Gasteiger partial charge on any atom is -0.317 e. The number of piperidine rings is 1. The standard InChI is InChI=1S/C11H17BrN2O2S2/c12-11-2-1-9(17-11)3-8-14-18(15,16)10-4-6-13-7-5-10/h1-2,10,13-14H,3-8H2. The summed E-state index contributed by atoms with van der Waals surface area (Å²) in [7, 11) is -3.14. The summed E-state index contributed by atoms with van der Waals surface area (Å²) < 4.78 is 27.9. The third kappa shape index (κ3) is 4.03. The molecule has 0 radical (unpaired) electrons. The fraction of sp³-hybridized carbons (Fsp3) is 0.636. The number of nitrogens with one attached hydrogen (secondary N) is 2. The minimum atomic E-state index is -3.14. The first-order valence-corrected chi connectivity index (χ1v) is 9.17. The molecule has 2 heterocycles. The summed E-state index contributed by atoms with van der Waals surface area (Å²) in [5, 5.41) is 2.95. The van der Waals surface area contributed by atoms with Gasteiger partial charge in [-0.15, -0.1) is 11.3 Å². The molecular weight excluding hydrogens is 336 g/mol. The van der Waals surface area contributed by atoms with Crippen LogP contribution < -0.4 is 10.0 Å². The second-order valence-corrected chi connectivity index (χ2v) is 8.94. The molecule has 1 aromatic rings. The van der Waals surface area contributed by atoms with Crippen molar-refractivity contribution >= 4 is 37.3 Å². The van der Waals surface area contributed by atoms with Gasteiger partial charge in [0.2, 0.25) is 10.0 Å². The van der Waals surface area contributed by atoms with Crippen LogP contribution in [-0.2, 0) is 16.4 Å². The maximum Gasteiger partial charge on any atom is 0.214 e. The van der Waals surface area contributed by atoms with Gasteiger partial charge in [-0.2, -0.15) is 0 Å². The molecule has 4 nitrogen and oxygen atoms in total. The number of halogens is 1. The van der Waals surface area contributed by atoms with Gasteiger partial charge < -0.3 is 5.32 Å². The van der Waals surface area contributed by atoms with Gasteiger partial charge in [-0.1, -0.05) is 0 Å². The van der Waals surface area contributed by atoms with E-state index in [1.165, 1.54) is 4.88 Å². The van der Waals surface area contributed by atoms with Crippen molar-refractivity contribution in [3.63, 3.8) is 0 Å². The predicted molar refractivity (Wildman–Crippen MR) is 78.5 cm³/mol. The van der Waals surface area contributed by atoms with E-state index in [4.69, 9.17) is 0 Å². The van der Waals surface area contributed by atoms with E-state index in [1.54, 1.807) is 11.3 Å². The third-order valence-corrected chi connectivity index (χ3v) is 6.67. The van der Waals surface area contributed by atoms with E-state index in [0.29, 0.717) is 19.4 Å². The molecule has 7 heteroatoms. The summed E-state index contributed by atoms with van der Waals surface area (Å²) in [6, 6.07) is 4.01. The van der Waals surface area contributed by atoms with Gasteiger partial charge in [-0.05, 0) is 60.4 Å². The molecule has 0 aliphatic carbocycles. The molecule has 0 unspecified atom stereocenters. The second-order valence-electron chi connectivity index (χ2n) is 4.34. The van der Waals surface area contributed by atoms with Gasteiger partial charge in [0, 0.05) is 11.4 Å². The lowest BCUT2D eigenvalue weighted by atomic mass is 10.2. The maximum absolute atomic E-state index is 12.0. The van der Waals surface area contributed by atoms with Crippen LogP contribution >= 0.6 is 27.3 Å². The van der Waals surface area contributed by atoms with Gasteiger partial charge >= 0.3 is 0 Å². The van der Waals surface area contributed by atoms with Crippen LogP contribution in [0.1, 0.15) is 17.7 Å². The van der Waals surface area contributed by atoms with Crippen LogP contribution in [0.4, 0.5) is 0 Å². The third-order valence-electron chi connectivity index (χ3n) is 3.03. The van der Waals surface area contributed by atoms with Crippen molar-refractivity contribution in [1.29, 1.82) is 0 Å². The molecule has 0 atom stereocenters. The quantitative estimate of drug-likeness (QED) is 0.848. The van der Waals surface area contributed by atoms with Crippen LogP contribution in [-0.4, -0.2) is 33.3 Å². The van der Waals surface area contributed by atoms with E-state index in [0.717, 1.165) is 23.3 Å². The van der Waals surface area contributed by atoms with E-state index in [1.807, 2.05) is 12.1 Å². The Morgan fingerprint density at radius 2 is 2.11 bits per heavy atom. The number of hydrogen-bond donors (Lipinski definition) is 2. The molecule has 0 saturated carbocycles. The van der Waals surface area contributed by atoms with Gasteiger partial charge in [0.05, 0.1) is 9.04 Å². The van der Waals surface area contributed by atoms with Gasteiger partial charge in [-0.25, -0.2) is 13.1 Å². The number of thiophene rings is 1. The molecule has 1 aliphatic rings. The largest absolute Gasteiger partial charge is 0.317 e. The Morgan fingerprint density at radius 1 is 1.39 bits per heavy atom. The summed E-state index contributed by atoms with van der Waals surface area (Å²) in [5.74, 6) is 0. The summed E-state index contributed by atoms with van der Waals surface area (Å²) in [6.45, 7) is 2.08. The zero-order chi connectivity index (χ0) is 13.0. The van der Waals surface area contributed by atoms with Gasteiger partial charge in [-0.3, -0.25) is 0 Å². The SMILES string of the molecule is O=S(=O)(NCCc1ccc(Br)s1)C1CCNCC1. The van der Waals surface area contributed by atoms with Crippen LogP contribution in [0.25, 0.3) is 0 Å². The van der Waals surface area contributed by atoms with Crippen LogP contribution in [0.3, 0.4) is 0 Å². The molecular formula is C11H17BrN2O2S2. The van der Waals surface area contributed by atoms with E-state index < -0.39 is 10.0 Å². The first-order valence-electron chi connectivity index (χ1n) is 6.01. The molecule has 18 heavy (non-hydrogen) atoms. The molecule has 2 rings (SSSR count). The summed E-state index contributed by atoms with van der Waals surface area (Å²) in [5.41, 5.74) is 0. The van der Waals surface area contributed by atoms with E-state index in [2.05, 4.69) is 26.0 Å². The average molecular weight is 353 g/mol. The fourth-order valence-corrected chi connectivity index (χ4v) is 4.99. The smallest absolute Gasteiger partial charge is 0.214 e. The zero-order valence-corrected chi connectivity index (χ0v) is 13.2. The average Bonchev–Trinajstić information content (AvgIpc) is 2.76. The van der Waals surface area contributed by atoms with Crippen molar-refractivity contribution < 1.29 is 8.42 Å². The van der Waals surface area contributed by atoms with Crippen LogP contribution in [0, 0.1) is 0 Å². The molecule has 1 aliphatic heterocycles. The van der Waals surface area contributed by atoms with Gasteiger partial charge in [0.25, 0.3) is 0 Å². The molecule has 0 amide bonds. The van der Waals surface area contributed by atoms with Crippen molar-refractivity contribution in [2.24, 2.45) is 0 Å². The number of rotatable bonds is 5. The molecule has 0 spiro atoms. The minimum absolute atomic E-state index is 0.228. The van der Waals surface area contributed by atoms with Gasteiger partial charge in [0.1, 0.15) is 0 Å². The van der Waals surface area contributed by atoms with Crippen LogP contribution in [0.2, 0.25) is 0 Å². The highest BCUT2D eigenvalue weighted by molar-refractivity contribution is 9.11. The Balaban J connectivity index is 1.81. The van der Waals surface area contributed by atoms with E-state index in [-0.39, 0.29) is 5.25 Å². The topological polar surface area (TPSA) is 58.2 Å². The van der Waals surface area contributed by atoms with Crippen molar-refractivity contribution in [1.82, 2.24) is 10.0 Å². The van der Waals surface area contributed by atoms with Gasteiger partial charge in [0.15, 0.2) is 0 Å². The maximum atomic E-state index is 12.0. The molecule has 0 aromatic carbocycles. The summed E-state index contributed by atoms with van der Waals surface area (Å²) in [6.07, 6.45) is 2.17. The molecule has 1 fully saturated rings. The Hall–Kier alpha value is 0.0500. The van der Waals surface area contributed by atoms with E-state index >= 15 is 0 Å². The highest BCUT2D eigenvalue weighted by Gasteiger charge is 2.26. The van der Waals surface area contributed by atoms with E-state index in [9.17, 15) is 8.42 Å². The lowest BCUT2D eigenvalue weighted by molar-refractivity contribution is 0.490. The lowest BCUT2D eigenvalue weighted by Crippen LogP contribution is -2.42. The molecule has 1 aromatic heterocycles. The highest BCUT2D eigenvalue weighted by atomic mass is 79.9. The summed E-state index contributed by atoms with van der Waals surface area (Å²) >= 11 is 5.04. The Kier molecular flexibility index (Phi) is 5.20. The fourth-order valence-electron chi connectivity index (χ4n) is 2.03. The molecule has 1 saturated heterocycles. The molecule has 0 bridgehead atoms. The van der Waals surface area contributed by atoms with Crippen molar-refractivity contribution in [2.75, 3.05) is 19.6 Å². The second kappa shape index (κ2) is 6.47. The first kappa shape index (κ1) is 14.5.